The lowest BCUT2D eigenvalue weighted by atomic mass is 9.97. The molecule has 0 bridgehead atoms. The molecule has 2 N–H and O–H groups in total. The van der Waals surface area contributed by atoms with Gasteiger partial charge in [-0.15, -0.1) is 24.8 Å². The minimum absolute atomic E-state index is 0. The lowest BCUT2D eigenvalue weighted by Crippen LogP contribution is -2.43. The van der Waals surface area contributed by atoms with Crippen LogP contribution in [0.25, 0.3) is 0 Å². The number of nitrogens with two attached hydrogens (primary N) is 1. The highest BCUT2D eigenvalue weighted by Gasteiger charge is 2.38. The van der Waals surface area contributed by atoms with E-state index in [0.717, 1.165) is 62.6 Å². The molecule has 0 radical (unpaired) electrons. The third-order valence-electron chi connectivity index (χ3n) is 5.91. The number of amides is 2. The highest BCUT2D eigenvalue weighted by molar-refractivity contribution is 6.00. The summed E-state index contributed by atoms with van der Waals surface area (Å²) in [6, 6.07) is 5.75. The lowest BCUT2D eigenvalue weighted by Gasteiger charge is -2.32. The summed E-state index contributed by atoms with van der Waals surface area (Å²) in [6.07, 6.45) is 2.13. The van der Waals surface area contributed by atoms with E-state index in [0.29, 0.717) is 26.1 Å². The number of rotatable bonds is 4. The first-order valence-corrected chi connectivity index (χ1v) is 9.90. The molecule has 2 saturated heterocycles. The standard InChI is InChI=1S/C20H28N4O3.2ClH/c21-17-4-1-5-18-16(17)3-2-6-24(18)20(26)15-13-19(25)23(14-15)8-7-22-9-11-27-12-10-22;;/h1,4-5,15H,2-3,6-14,21H2;2*1H. The molecule has 2 fully saturated rings. The molecule has 0 aliphatic carbocycles. The van der Waals surface area contributed by atoms with E-state index in [-0.39, 0.29) is 42.5 Å². The van der Waals surface area contributed by atoms with Gasteiger partial charge in [0.25, 0.3) is 0 Å². The van der Waals surface area contributed by atoms with Crippen LogP contribution < -0.4 is 10.6 Å². The molecule has 1 aromatic carbocycles. The van der Waals surface area contributed by atoms with Gasteiger partial charge < -0.3 is 20.3 Å². The molecule has 4 rings (SSSR count). The number of anilines is 2. The molecule has 9 heteroatoms. The Balaban J connectivity index is 0.00000150. The molecule has 1 unspecified atom stereocenters. The van der Waals surface area contributed by atoms with E-state index in [1.165, 1.54) is 0 Å². The zero-order valence-corrected chi connectivity index (χ0v) is 18.2. The number of halogens is 2. The zero-order chi connectivity index (χ0) is 18.8. The fourth-order valence-electron chi connectivity index (χ4n) is 4.34. The second-order valence-corrected chi connectivity index (χ2v) is 7.63. The fraction of sp³-hybridized carbons (Fsp3) is 0.600. The van der Waals surface area contributed by atoms with Crippen LogP contribution in [0, 0.1) is 5.92 Å². The molecule has 7 nitrogen and oxygen atoms in total. The maximum absolute atomic E-state index is 13.2. The van der Waals surface area contributed by atoms with Crippen molar-refractivity contribution in [3.05, 3.63) is 23.8 Å². The smallest absolute Gasteiger partial charge is 0.232 e. The Morgan fingerprint density at radius 1 is 1.14 bits per heavy atom. The number of carbonyl (C=O) groups is 2. The third kappa shape index (κ3) is 5.15. The van der Waals surface area contributed by atoms with Crippen molar-refractivity contribution < 1.29 is 14.3 Å². The van der Waals surface area contributed by atoms with Gasteiger partial charge in [0.05, 0.1) is 19.1 Å². The normalized spacial score (nSPS) is 21.9. The topological polar surface area (TPSA) is 79.1 Å². The van der Waals surface area contributed by atoms with Gasteiger partial charge in [-0.25, -0.2) is 0 Å². The van der Waals surface area contributed by atoms with Crippen LogP contribution in [0.4, 0.5) is 11.4 Å². The molecule has 0 aromatic heterocycles. The van der Waals surface area contributed by atoms with Gasteiger partial charge >= 0.3 is 0 Å². The SMILES string of the molecule is Cl.Cl.Nc1cccc2c1CCCN2C(=O)C1CC(=O)N(CCN2CCOCC2)C1. The van der Waals surface area contributed by atoms with Crippen molar-refractivity contribution in [3.63, 3.8) is 0 Å². The number of ether oxygens (including phenoxy) is 1. The number of fused-ring (bicyclic) bond motifs is 1. The molecule has 2 amide bonds. The third-order valence-corrected chi connectivity index (χ3v) is 5.91. The van der Waals surface area contributed by atoms with Crippen LogP contribution in [-0.2, 0) is 20.7 Å². The number of hydrogen-bond donors (Lipinski definition) is 1. The Bertz CT molecular complexity index is 728. The van der Waals surface area contributed by atoms with Gasteiger partial charge in [0.1, 0.15) is 0 Å². The fourth-order valence-corrected chi connectivity index (χ4v) is 4.34. The van der Waals surface area contributed by atoms with Gasteiger partial charge in [0, 0.05) is 57.1 Å². The van der Waals surface area contributed by atoms with Crippen LogP contribution in [0.15, 0.2) is 18.2 Å². The Morgan fingerprint density at radius 3 is 2.66 bits per heavy atom. The maximum Gasteiger partial charge on any atom is 0.232 e. The largest absolute Gasteiger partial charge is 0.398 e. The van der Waals surface area contributed by atoms with E-state index in [4.69, 9.17) is 10.5 Å². The Morgan fingerprint density at radius 2 is 1.90 bits per heavy atom. The Hall–Kier alpha value is -1.54. The predicted octanol–water partition coefficient (Wildman–Crippen LogP) is 1.57. The van der Waals surface area contributed by atoms with Gasteiger partial charge in [0.2, 0.25) is 11.8 Å². The van der Waals surface area contributed by atoms with Crippen molar-refractivity contribution in [2.45, 2.75) is 19.3 Å². The highest BCUT2D eigenvalue weighted by atomic mass is 35.5. The van der Waals surface area contributed by atoms with Crippen molar-refractivity contribution in [1.29, 1.82) is 0 Å². The van der Waals surface area contributed by atoms with Gasteiger partial charge in [-0.05, 0) is 30.5 Å². The number of benzene rings is 1. The van der Waals surface area contributed by atoms with E-state index >= 15 is 0 Å². The summed E-state index contributed by atoms with van der Waals surface area (Å²) in [6.45, 7) is 6.10. The van der Waals surface area contributed by atoms with E-state index in [9.17, 15) is 9.59 Å². The molecule has 3 heterocycles. The van der Waals surface area contributed by atoms with Gasteiger partial charge in [0.15, 0.2) is 0 Å². The molecule has 1 aromatic rings. The predicted molar refractivity (Wildman–Crippen MR) is 118 cm³/mol. The van der Waals surface area contributed by atoms with E-state index in [2.05, 4.69) is 4.90 Å². The number of likely N-dealkylation sites (tertiary alicyclic amines) is 1. The lowest BCUT2D eigenvalue weighted by molar-refractivity contribution is -0.128. The summed E-state index contributed by atoms with van der Waals surface area (Å²) in [4.78, 5) is 31.6. The highest BCUT2D eigenvalue weighted by Crippen LogP contribution is 2.33. The number of carbonyl (C=O) groups excluding carboxylic acids is 2. The molecule has 3 aliphatic heterocycles. The van der Waals surface area contributed by atoms with Crippen molar-refractivity contribution in [2.75, 3.05) is 63.1 Å². The number of hydrogen-bond acceptors (Lipinski definition) is 5. The molecule has 0 spiro atoms. The molecular weight excluding hydrogens is 415 g/mol. The van der Waals surface area contributed by atoms with Crippen molar-refractivity contribution in [2.24, 2.45) is 5.92 Å². The summed E-state index contributed by atoms with van der Waals surface area (Å²) >= 11 is 0. The summed E-state index contributed by atoms with van der Waals surface area (Å²) in [5.41, 5.74) is 8.83. The quantitative estimate of drug-likeness (QED) is 0.712. The minimum atomic E-state index is -0.255. The summed E-state index contributed by atoms with van der Waals surface area (Å²) in [5, 5.41) is 0. The van der Waals surface area contributed by atoms with E-state index in [1.54, 1.807) is 0 Å². The second-order valence-electron chi connectivity index (χ2n) is 7.63. The van der Waals surface area contributed by atoms with Crippen LogP contribution in [-0.4, -0.2) is 74.1 Å². The first-order valence-electron chi connectivity index (χ1n) is 9.90. The first kappa shape index (κ1) is 23.7. The van der Waals surface area contributed by atoms with Crippen LogP contribution in [0.5, 0.6) is 0 Å². The molecule has 3 aliphatic rings. The van der Waals surface area contributed by atoms with Crippen molar-refractivity contribution in [3.8, 4) is 0 Å². The molecule has 29 heavy (non-hydrogen) atoms. The number of nitrogen functional groups attached to an aromatic ring is 1. The second kappa shape index (κ2) is 10.5. The summed E-state index contributed by atoms with van der Waals surface area (Å²) in [7, 11) is 0. The van der Waals surface area contributed by atoms with Crippen LogP contribution in [0.3, 0.4) is 0 Å². The maximum atomic E-state index is 13.2. The number of nitrogens with zero attached hydrogens (tertiary/aromatic N) is 3. The summed E-state index contributed by atoms with van der Waals surface area (Å²) in [5.74, 6) is -0.107. The monoisotopic (exact) mass is 444 g/mol. The molecule has 0 saturated carbocycles. The van der Waals surface area contributed by atoms with Crippen LogP contribution in [0.1, 0.15) is 18.4 Å². The zero-order valence-electron chi connectivity index (χ0n) is 16.5. The van der Waals surface area contributed by atoms with E-state index in [1.807, 2.05) is 28.0 Å². The number of morpholine rings is 1. The van der Waals surface area contributed by atoms with Gasteiger partial charge in [-0.3, -0.25) is 14.5 Å². The first-order chi connectivity index (χ1) is 13.1. The molecule has 1 atom stereocenters. The van der Waals surface area contributed by atoms with Crippen molar-refractivity contribution >= 4 is 48.0 Å². The van der Waals surface area contributed by atoms with Crippen LogP contribution in [0.2, 0.25) is 0 Å². The van der Waals surface area contributed by atoms with Gasteiger partial charge in [-0.1, -0.05) is 6.07 Å². The van der Waals surface area contributed by atoms with Crippen LogP contribution >= 0.6 is 24.8 Å². The van der Waals surface area contributed by atoms with Gasteiger partial charge in [-0.2, -0.15) is 0 Å². The molecule has 162 valence electrons. The average molecular weight is 445 g/mol. The molecular formula is C20H30Cl2N4O3. The van der Waals surface area contributed by atoms with E-state index < -0.39 is 0 Å². The minimum Gasteiger partial charge on any atom is -0.398 e. The summed E-state index contributed by atoms with van der Waals surface area (Å²) < 4.78 is 5.36. The van der Waals surface area contributed by atoms with Crippen molar-refractivity contribution in [1.82, 2.24) is 9.80 Å². The Labute approximate surface area is 184 Å². The average Bonchev–Trinajstić information content (AvgIpc) is 3.07. The Kier molecular flexibility index (Phi) is 8.58.